The summed E-state index contributed by atoms with van der Waals surface area (Å²) in [4.78, 5) is 11.4. The van der Waals surface area contributed by atoms with Crippen molar-refractivity contribution in [2.45, 2.75) is 3.74 Å². The molecule has 0 aromatic heterocycles. The molecule has 0 amide bonds. The van der Waals surface area contributed by atoms with Crippen LogP contribution < -0.4 is 0 Å². The van der Waals surface area contributed by atoms with Gasteiger partial charge < -0.3 is 4.74 Å². The Morgan fingerprint density at radius 3 is 2.53 bits per heavy atom. The monoisotopic (exact) mass is 402 g/mol. The third kappa shape index (κ3) is 3.01. The summed E-state index contributed by atoms with van der Waals surface area (Å²) in [6.45, 7) is 0. The first-order chi connectivity index (χ1) is 6.97. The summed E-state index contributed by atoms with van der Waals surface area (Å²) in [5.41, 5.74) is 0.798. The van der Waals surface area contributed by atoms with Gasteiger partial charge in [-0.1, -0.05) is 31.9 Å². The van der Waals surface area contributed by atoms with Gasteiger partial charge in [0.25, 0.3) is 0 Å². The maximum absolute atomic E-state index is 13.2. The Morgan fingerprint density at radius 2 is 2.07 bits per heavy atom. The van der Waals surface area contributed by atoms with E-state index < -0.39 is 11.8 Å². The van der Waals surface area contributed by atoms with Crippen LogP contribution in [0.5, 0.6) is 0 Å². The van der Waals surface area contributed by atoms with Crippen LogP contribution in [0, 0.1) is 5.82 Å². The number of hydrogen-bond donors (Lipinski definition) is 0. The summed E-state index contributed by atoms with van der Waals surface area (Å²) in [5.74, 6) is -1.07. The number of rotatable bonds is 2. The lowest BCUT2D eigenvalue weighted by Gasteiger charge is -2.10. The molecule has 0 aliphatic rings. The van der Waals surface area contributed by atoms with E-state index in [0.29, 0.717) is 10.0 Å². The lowest BCUT2D eigenvalue weighted by molar-refractivity contribution is 0.0599. The van der Waals surface area contributed by atoms with Crippen molar-refractivity contribution in [2.75, 3.05) is 7.11 Å². The molecule has 0 aliphatic carbocycles. The molecule has 0 spiro atoms. The standard InChI is InChI=1S/C9H6Br3FO2/c1-15-9(14)5-3-7(13)6(10)2-4(5)8(11)12/h2-3,8H,1H3. The normalized spacial score (nSPS) is 10.5. The van der Waals surface area contributed by atoms with E-state index in [1.807, 2.05) is 0 Å². The number of halogens is 4. The van der Waals surface area contributed by atoms with Crippen LogP contribution in [0.1, 0.15) is 19.7 Å². The predicted octanol–water partition coefficient (Wildman–Crippen LogP) is 4.16. The number of ether oxygens (including phenoxy) is 1. The highest BCUT2D eigenvalue weighted by atomic mass is 79.9. The Labute approximate surface area is 112 Å². The second-order valence-corrected chi connectivity index (χ2v) is 6.56. The van der Waals surface area contributed by atoms with Crippen molar-refractivity contribution in [3.63, 3.8) is 0 Å². The van der Waals surface area contributed by atoms with Crippen molar-refractivity contribution in [3.8, 4) is 0 Å². The van der Waals surface area contributed by atoms with Crippen LogP contribution in [0.15, 0.2) is 16.6 Å². The quantitative estimate of drug-likeness (QED) is 0.546. The van der Waals surface area contributed by atoms with Gasteiger partial charge >= 0.3 is 5.97 Å². The fraction of sp³-hybridized carbons (Fsp3) is 0.222. The number of carbonyl (C=O) groups excluding carboxylic acids is 1. The number of alkyl halides is 2. The summed E-state index contributed by atoms with van der Waals surface area (Å²) in [6, 6.07) is 2.66. The van der Waals surface area contributed by atoms with Gasteiger partial charge in [0.15, 0.2) is 0 Å². The first kappa shape index (κ1) is 13.1. The van der Waals surface area contributed by atoms with Gasteiger partial charge in [-0.05, 0) is 33.6 Å². The lowest BCUT2D eigenvalue weighted by atomic mass is 10.1. The zero-order valence-electron chi connectivity index (χ0n) is 7.56. The molecule has 0 saturated heterocycles. The van der Waals surface area contributed by atoms with Crippen LogP contribution in [0.4, 0.5) is 4.39 Å². The van der Waals surface area contributed by atoms with Crippen molar-refractivity contribution < 1.29 is 13.9 Å². The summed E-state index contributed by atoms with van der Waals surface area (Å²) >= 11 is 9.56. The Kier molecular flexibility index (Phi) is 4.73. The maximum atomic E-state index is 13.2. The highest BCUT2D eigenvalue weighted by molar-refractivity contribution is 9.24. The number of benzene rings is 1. The van der Waals surface area contributed by atoms with Crippen LogP contribution in [0.25, 0.3) is 0 Å². The average Bonchev–Trinajstić information content (AvgIpc) is 2.20. The molecule has 6 heteroatoms. The molecule has 1 aromatic carbocycles. The van der Waals surface area contributed by atoms with Crippen LogP contribution in [-0.4, -0.2) is 13.1 Å². The number of carbonyl (C=O) groups is 1. The predicted molar refractivity (Wildman–Crippen MR) is 66.0 cm³/mol. The van der Waals surface area contributed by atoms with Gasteiger partial charge in [0.1, 0.15) is 5.82 Å². The number of methoxy groups -OCH3 is 1. The highest BCUT2D eigenvalue weighted by Gasteiger charge is 2.18. The van der Waals surface area contributed by atoms with Crippen LogP contribution in [0.2, 0.25) is 0 Å². The van der Waals surface area contributed by atoms with Gasteiger partial charge in [0.2, 0.25) is 0 Å². The lowest BCUT2D eigenvalue weighted by Crippen LogP contribution is -2.06. The molecule has 0 bridgehead atoms. The van der Waals surface area contributed by atoms with E-state index in [9.17, 15) is 9.18 Å². The van der Waals surface area contributed by atoms with Gasteiger partial charge in [-0.2, -0.15) is 0 Å². The van der Waals surface area contributed by atoms with Crippen LogP contribution >= 0.6 is 47.8 Å². The Hall–Kier alpha value is 0.0600. The third-order valence-corrected chi connectivity index (χ3v) is 3.33. The largest absolute Gasteiger partial charge is 0.465 e. The first-order valence-electron chi connectivity index (χ1n) is 3.82. The molecule has 0 unspecified atom stereocenters. The molecule has 0 N–H and O–H groups in total. The Balaban J connectivity index is 3.34. The van der Waals surface area contributed by atoms with Gasteiger partial charge in [-0.3, -0.25) is 0 Å². The molecule has 15 heavy (non-hydrogen) atoms. The van der Waals surface area contributed by atoms with E-state index in [2.05, 4.69) is 52.5 Å². The Morgan fingerprint density at radius 1 is 1.47 bits per heavy atom. The second kappa shape index (κ2) is 5.41. The fourth-order valence-corrected chi connectivity index (χ4v) is 2.15. The van der Waals surface area contributed by atoms with Crippen molar-refractivity contribution in [1.29, 1.82) is 0 Å². The van der Waals surface area contributed by atoms with E-state index in [-0.39, 0.29) is 9.30 Å². The van der Waals surface area contributed by atoms with Crippen molar-refractivity contribution in [1.82, 2.24) is 0 Å². The molecule has 1 rings (SSSR count). The molecule has 82 valence electrons. The smallest absolute Gasteiger partial charge is 0.338 e. The average molecular weight is 405 g/mol. The SMILES string of the molecule is COC(=O)c1cc(F)c(Br)cc1C(Br)Br. The maximum Gasteiger partial charge on any atom is 0.338 e. The van der Waals surface area contributed by atoms with E-state index in [1.165, 1.54) is 13.2 Å². The number of esters is 1. The van der Waals surface area contributed by atoms with Gasteiger partial charge in [0, 0.05) is 0 Å². The molecule has 0 atom stereocenters. The zero-order valence-corrected chi connectivity index (χ0v) is 12.3. The molecule has 0 fully saturated rings. The van der Waals surface area contributed by atoms with Crippen molar-refractivity contribution >= 4 is 53.8 Å². The molecule has 0 heterocycles. The zero-order chi connectivity index (χ0) is 11.6. The minimum absolute atomic E-state index is 0.192. The van der Waals surface area contributed by atoms with E-state index in [1.54, 1.807) is 0 Å². The van der Waals surface area contributed by atoms with Crippen LogP contribution in [-0.2, 0) is 4.74 Å². The minimum atomic E-state index is -0.569. The Bertz CT molecular complexity index is 393. The summed E-state index contributed by atoms with van der Waals surface area (Å²) in [5, 5.41) is 0. The molecule has 0 aliphatic heterocycles. The minimum Gasteiger partial charge on any atom is -0.465 e. The molecule has 0 radical (unpaired) electrons. The van der Waals surface area contributed by atoms with Crippen LogP contribution in [0.3, 0.4) is 0 Å². The van der Waals surface area contributed by atoms with E-state index >= 15 is 0 Å². The molecular weight excluding hydrogens is 399 g/mol. The summed E-state index contributed by atoms with van der Waals surface area (Å²) < 4.78 is 17.9. The third-order valence-electron chi connectivity index (χ3n) is 1.73. The second-order valence-electron chi connectivity index (χ2n) is 2.65. The summed E-state index contributed by atoms with van der Waals surface area (Å²) in [7, 11) is 1.25. The van der Waals surface area contributed by atoms with E-state index in [0.717, 1.165) is 6.07 Å². The highest BCUT2D eigenvalue weighted by Crippen LogP contribution is 2.34. The van der Waals surface area contributed by atoms with E-state index in [4.69, 9.17) is 0 Å². The molecule has 1 aromatic rings. The van der Waals surface area contributed by atoms with Crippen molar-refractivity contribution in [3.05, 3.63) is 33.5 Å². The number of hydrogen-bond acceptors (Lipinski definition) is 2. The fourth-order valence-electron chi connectivity index (χ4n) is 1.03. The molecule has 2 nitrogen and oxygen atoms in total. The van der Waals surface area contributed by atoms with Gasteiger partial charge in [0.05, 0.1) is 20.9 Å². The molecule has 0 saturated carbocycles. The van der Waals surface area contributed by atoms with Crippen molar-refractivity contribution in [2.24, 2.45) is 0 Å². The topological polar surface area (TPSA) is 26.3 Å². The van der Waals surface area contributed by atoms with Gasteiger partial charge in [-0.25, -0.2) is 9.18 Å². The molecular formula is C9H6Br3FO2. The van der Waals surface area contributed by atoms with Gasteiger partial charge in [-0.15, -0.1) is 0 Å². The first-order valence-corrected chi connectivity index (χ1v) is 6.45. The summed E-state index contributed by atoms with van der Waals surface area (Å²) in [6.07, 6.45) is 0.